The number of hydrogen-bond donors (Lipinski definition) is 1. The van der Waals surface area contributed by atoms with E-state index in [2.05, 4.69) is 10.3 Å². The first-order chi connectivity index (χ1) is 9.27. The van der Waals surface area contributed by atoms with Gasteiger partial charge in [-0.05, 0) is 37.6 Å². The van der Waals surface area contributed by atoms with Crippen LogP contribution in [0.3, 0.4) is 0 Å². The molecule has 0 aromatic carbocycles. The predicted octanol–water partition coefficient (Wildman–Crippen LogP) is 0.563. The van der Waals surface area contributed by atoms with Crippen LogP contribution in [0, 0.1) is 0 Å². The number of hydrogen-bond acceptors (Lipinski definition) is 4. The zero-order valence-electron chi connectivity index (χ0n) is 11.0. The summed E-state index contributed by atoms with van der Waals surface area (Å²) < 4.78 is 5.84. The average molecular weight is 261 g/mol. The van der Waals surface area contributed by atoms with E-state index < -0.39 is 0 Å². The Balaban J connectivity index is 1.71. The summed E-state index contributed by atoms with van der Waals surface area (Å²) in [7, 11) is 0. The number of morpholine rings is 1. The number of nitrogens with zero attached hydrogens (tertiary/aromatic N) is 2. The van der Waals surface area contributed by atoms with Crippen molar-refractivity contribution in [3.8, 4) is 0 Å². The van der Waals surface area contributed by atoms with Gasteiger partial charge in [-0.25, -0.2) is 0 Å². The van der Waals surface area contributed by atoms with E-state index in [-0.39, 0.29) is 18.1 Å². The molecule has 0 unspecified atom stereocenters. The van der Waals surface area contributed by atoms with Crippen LogP contribution in [0.4, 0.5) is 0 Å². The fraction of sp³-hybridized carbons (Fsp3) is 0.571. The van der Waals surface area contributed by atoms with Crippen molar-refractivity contribution < 1.29 is 9.53 Å². The summed E-state index contributed by atoms with van der Waals surface area (Å²) in [5.74, 6) is 0.0769. The van der Waals surface area contributed by atoms with Gasteiger partial charge in [0, 0.05) is 18.9 Å². The molecule has 2 aliphatic rings. The lowest BCUT2D eigenvalue weighted by atomic mass is 9.90. The molecule has 1 aromatic heterocycles. The smallest absolute Gasteiger partial charge is 0.248 e. The van der Waals surface area contributed by atoms with Gasteiger partial charge in [0.2, 0.25) is 5.91 Å². The molecule has 3 heterocycles. The normalized spacial score (nSPS) is 22.7. The number of rotatable bonds is 2. The van der Waals surface area contributed by atoms with Gasteiger partial charge in [-0.2, -0.15) is 0 Å². The van der Waals surface area contributed by atoms with Gasteiger partial charge in [0.15, 0.2) is 0 Å². The Labute approximate surface area is 113 Å². The van der Waals surface area contributed by atoms with Gasteiger partial charge in [0.05, 0.1) is 12.1 Å². The lowest BCUT2D eigenvalue weighted by Gasteiger charge is -2.44. The third kappa shape index (κ3) is 2.77. The van der Waals surface area contributed by atoms with E-state index >= 15 is 0 Å². The largest absolute Gasteiger partial charge is 0.363 e. The Hall–Kier alpha value is -1.46. The van der Waals surface area contributed by atoms with Gasteiger partial charge in [-0.1, -0.05) is 6.07 Å². The second-order valence-electron chi connectivity index (χ2n) is 5.33. The number of pyridine rings is 1. The van der Waals surface area contributed by atoms with Gasteiger partial charge in [0.1, 0.15) is 6.61 Å². The van der Waals surface area contributed by atoms with Crippen LogP contribution >= 0.6 is 0 Å². The minimum atomic E-state index is -0.138. The van der Waals surface area contributed by atoms with Gasteiger partial charge in [0.25, 0.3) is 0 Å². The molecule has 0 saturated carbocycles. The van der Waals surface area contributed by atoms with Crippen molar-refractivity contribution in [2.24, 2.45) is 0 Å². The second-order valence-corrected chi connectivity index (χ2v) is 5.33. The van der Waals surface area contributed by atoms with Gasteiger partial charge >= 0.3 is 0 Å². The Morgan fingerprint density at radius 3 is 3.00 bits per heavy atom. The van der Waals surface area contributed by atoms with E-state index in [1.165, 1.54) is 0 Å². The van der Waals surface area contributed by atoms with Crippen molar-refractivity contribution in [3.05, 3.63) is 30.1 Å². The Morgan fingerprint density at radius 2 is 2.26 bits per heavy atom. The van der Waals surface area contributed by atoms with E-state index in [0.29, 0.717) is 13.1 Å². The van der Waals surface area contributed by atoms with Crippen molar-refractivity contribution in [1.82, 2.24) is 15.2 Å². The third-order valence-corrected chi connectivity index (χ3v) is 3.94. The fourth-order valence-corrected chi connectivity index (χ4v) is 2.83. The monoisotopic (exact) mass is 261 g/mol. The molecule has 1 N–H and O–H groups in total. The minimum absolute atomic E-state index is 0.0769. The molecule has 0 bridgehead atoms. The van der Waals surface area contributed by atoms with Gasteiger partial charge in [-0.3, -0.25) is 9.78 Å². The van der Waals surface area contributed by atoms with Crippen LogP contribution in [0.2, 0.25) is 0 Å². The lowest BCUT2D eigenvalue weighted by molar-refractivity contribution is -0.168. The maximum absolute atomic E-state index is 12.0. The van der Waals surface area contributed by atoms with Crippen molar-refractivity contribution in [2.75, 3.05) is 26.2 Å². The number of carbonyl (C=O) groups is 1. The van der Waals surface area contributed by atoms with Crippen LogP contribution in [0.1, 0.15) is 18.4 Å². The predicted molar refractivity (Wildman–Crippen MR) is 70.4 cm³/mol. The van der Waals surface area contributed by atoms with Crippen LogP contribution in [-0.4, -0.2) is 47.6 Å². The molecule has 5 heteroatoms. The highest BCUT2D eigenvalue weighted by molar-refractivity contribution is 5.78. The van der Waals surface area contributed by atoms with Crippen molar-refractivity contribution in [2.45, 2.75) is 25.0 Å². The zero-order chi connectivity index (χ0) is 13.1. The first kappa shape index (κ1) is 12.6. The maximum Gasteiger partial charge on any atom is 0.248 e. The Kier molecular flexibility index (Phi) is 3.48. The Morgan fingerprint density at radius 1 is 1.42 bits per heavy atom. The Bertz CT molecular complexity index is 443. The molecule has 102 valence electrons. The number of piperidine rings is 1. The molecule has 1 aromatic rings. The minimum Gasteiger partial charge on any atom is -0.363 e. The average Bonchev–Trinajstić information content (AvgIpc) is 2.45. The van der Waals surface area contributed by atoms with E-state index in [1.807, 2.05) is 23.2 Å². The highest BCUT2D eigenvalue weighted by Crippen LogP contribution is 2.28. The summed E-state index contributed by atoms with van der Waals surface area (Å²) in [5, 5.41) is 3.34. The number of nitrogens with one attached hydrogen (secondary N) is 1. The van der Waals surface area contributed by atoms with Crippen LogP contribution in [0.25, 0.3) is 0 Å². The van der Waals surface area contributed by atoms with Crippen LogP contribution < -0.4 is 5.32 Å². The molecule has 19 heavy (non-hydrogen) atoms. The molecular formula is C14H19N3O2. The SMILES string of the molecule is O=C1COC2(CCNCC2)CN1Cc1cccnc1. The van der Waals surface area contributed by atoms with Gasteiger partial charge < -0.3 is 15.0 Å². The molecule has 0 atom stereocenters. The van der Waals surface area contributed by atoms with E-state index in [4.69, 9.17) is 4.74 Å². The molecule has 0 aliphatic carbocycles. The lowest BCUT2D eigenvalue weighted by Crippen LogP contribution is -2.57. The molecule has 2 fully saturated rings. The van der Waals surface area contributed by atoms with Crippen LogP contribution in [0.15, 0.2) is 24.5 Å². The third-order valence-electron chi connectivity index (χ3n) is 3.94. The maximum atomic E-state index is 12.0. The summed E-state index contributed by atoms with van der Waals surface area (Å²) in [6.45, 7) is 3.47. The highest BCUT2D eigenvalue weighted by atomic mass is 16.5. The summed E-state index contributed by atoms with van der Waals surface area (Å²) in [4.78, 5) is 18.0. The van der Waals surface area contributed by atoms with Crippen molar-refractivity contribution >= 4 is 5.91 Å². The summed E-state index contributed by atoms with van der Waals surface area (Å²) in [5.41, 5.74) is 0.934. The van der Waals surface area contributed by atoms with Crippen molar-refractivity contribution in [1.29, 1.82) is 0 Å². The number of aromatic nitrogens is 1. The molecule has 3 rings (SSSR count). The molecule has 5 nitrogen and oxygen atoms in total. The highest BCUT2D eigenvalue weighted by Gasteiger charge is 2.40. The van der Waals surface area contributed by atoms with E-state index in [9.17, 15) is 4.79 Å². The quantitative estimate of drug-likeness (QED) is 0.845. The first-order valence-electron chi connectivity index (χ1n) is 6.79. The van der Waals surface area contributed by atoms with Crippen LogP contribution in [-0.2, 0) is 16.1 Å². The fourth-order valence-electron chi connectivity index (χ4n) is 2.83. The standard InChI is InChI=1S/C14H19N3O2/c18-13-10-19-14(3-6-15-7-4-14)11-17(13)9-12-2-1-5-16-8-12/h1-2,5,8,15H,3-4,6-7,9-11H2. The van der Waals surface area contributed by atoms with E-state index in [1.54, 1.807) is 6.20 Å². The summed E-state index contributed by atoms with van der Waals surface area (Å²) in [6, 6.07) is 3.91. The molecule has 1 spiro atoms. The number of ether oxygens (including phenoxy) is 1. The number of amides is 1. The first-order valence-corrected chi connectivity index (χ1v) is 6.79. The topological polar surface area (TPSA) is 54.5 Å². The van der Waals surface area contributed by atoms with E-state index in [0.717, 1.165) is 31.5 Å². The molecule has 0 radical (unpaired) electrons. The summed E-state index contributed by atoms with van der Waals surface area (Å²) >= 11 is 0. The summed E-state index contributed by atoms with van der Waals surface area (Å²) in [6.07, 6.45) is 5.52. The molecular weight excluding hydrogens is 242 g/mol. The van der Waals surface area contributed by atoms with Crippen LogP contribution in [0.5, 0.6) is 0 Å². The second kappa shape index (κ2) is 5.27. The zero-order valence-corrected chi connectivity index (χ0v) is 11.0. The number of carbonyl (C=O) groups excluding carboxylic acids is 1. The molecule has 1 amide bonds. The molecule has 2 saturated heterocycles. The molecule has 2 aliphatic heterocycles. The van der Waals surface area contributed by atoms with Gasteiger partial charge in [-0.15, -0.1) is 0 Å². The van der Waals surface area contributed by atoms with Crippen molar-refractivity contribution in [3.63, 3.8) is 0 Å².